The lowest BCUT2D eigenvalue weighted by molar-refractivity contribution is 0.780. The molecule has 0 aliphatic heterocycles. The number of hydrogen-bond donors (Lipinski definition) is 1. The van der Waals surface area contributed by atoms with E-state index in [0.29, 0.717) is 17.1 Å². The molecule has 0 amide bonds. The quantitative estimate of drug-likeness (QED) is 0.800. The summed E-state index contributed by atoms with van der Waals surface area (Å²) in [5.41, 5.74) is 0. The number of aromatic nitrogens is 4. The lowest BCUT2D eigenvalue weighted by Gasteiger charge is -2.19. The smallest absolute Gasteiger partial charge is 0.231 e. The maximum absolute atomic E-state index is 4.55. The van der Waals surface area contributed by atoms with E-state index in [-0.39, 0.29) is 0 Å². The lowest BCUT2D eigenvalue weighted by atomic mass is 10.5. The Kier molecular flexibility index (Phi) is 6.19. The Bertz CT molecular complexity index is 542. The molecule has 0 aromatic carbocycles. The highest BCUT2D eigenvalue weighted by Crippen LogP contribution is 2.28. The molecular formula is C13H20N6S2. The fraction of sp³-hybridized carbons (Fsp3) is 0.538. The zero-order valence-corrected chi connectivity index (χ0v) is 14.2. The van der Waals surface area contributed by atoms with E-state index in [4.69, 9.17) is 0 Å². The molecule has 2 aromatic heterocycles. The van der Waals surface area contributed by atoms with Crippen molar-refractivity contribution in [2.24, 2.45) is 0 Å². The third kappa shape index (κ3) is 4.53. The Morgan fingerprint density at radius 3 is 2.62 bits per heavy atom. The van der Waals surface area contributed by atoms with Gasteiger partial charge in [0, 0.05) is 31.2 Å². The van der Waals surface area contributed by atoms with Crippen molar-refractivity contribution >= 4 is 35.0 Å². The first-order chi connectivity index (χ1) is 10.3. The molecule has 1 N–H and O–H groups in total. The van der Waals surface area contributed by atoms with Crippen LogP contribution in [0, 0.1) is 0 Å². The van der Waals surface area contributed by atoms with Crippen LogP contribution in [0.4, 0.5) is 11.9 Å². The summed E-state index contributed by atoms with van der Waals surface area (Å²) in [7, 11) is 0. The van der Waals surface area contributed by atoms with Crippen molar-refractivity contribution in [3.63, 3.8) is 0 Å². The molecule has 8 heteroatoms. The van der Waals surface area contributed by atoms with Gasteiger partial charge >= 0.3 is 0 Å². The van der Waals surface area contributed by atoms with E-state index in [1.54, 1.807) is 17.5 Å². The second kappa shape index (κ2) is 8.14. The summed E-state index contributed by atoms with van der Waals surface area (Å²) in [4.78, 5) is 19.9. The SMILES string of the molecule is CCCNc1nc(Sc2nccs2)nc(N(CC)CC)n1. The maximum atomic E-state index is 4.55. The van der Waals surface area contributed by atoms with Gasteiger partial charge in [0.05, 0.1) is 0 Å². The fourth-order valence-corrected chi connectivity index (χ4v) is 3.17. The van der Waals surface area contributed by atoms with Gasteiger partial charge in [-0.2, -0.15) is 15.0 Å². The maximum Gasteiger partial charge on any atom is 0.231 e. The highest BCUT2D eigenvalue weighted by molar-refractivity contribution is 8.00. The van der Waals surface area contributed by atoms with E-state index in [2.05, 4.69) is 50.9 Å². The summed E-state index contributed by atoms with van der Waals surface area (Å²) < 4.78 is 0.938. The summed E-state index contributed by atoms with van der Waals surface area (Å²) in [5.74, 6) is 1.35. The minimum atomic E-state index is 0.632. The first kappa shape index (κ1) is 16.0. The molecule has 0 atom stereocenters. The van der Waals surface area contributed by atoms with Gasteiger partial charge in [0.2, 0.25) is 17.1 Å². The number of hydrogen-bond acceptors (Lipinski definition) is 8. The average Bonchev–Trinajstić information content (AvgIpc) is 2.99. The van der Waals surface area contributed by atoms with E-state index in [9.17, 15) is 0 Å². The van der Waals surface area contributed by atoms with Gasteiger partial charge in [0.1, 0.15) is 0 Å². The van der Waals surface area contributed by atoms with Crippen molar-refractivity contribution < 1.29 is 0 Å². The van der Waals surface area contributed by atoms with Crippen LogP contribution in [-0.4, -0.2) is 39.6 Å². The van der Waals surface area contributed by atoms with Crippen LogP contribution in [0.25, 0.3) is 0 Å². The Hall–Kier alpha value is -1.41. The van der Waals surface area contributed by atoms with Crippen LogP contribution in [0.5, 0.6) is 0 Å². The number of anilines is 2. The van der Waals surface area contributed by atoms with Crippen LogP contribution in [0.3, 0.4) is 0 Å². The molecule has 0 radical (unpaired) electrons. The van der Waals surface area contributed by atoms with Crippen LogP contribution < -0.4 is 10.2 Å². The number of nitrogens with zero attached hydrogens (tertiary/aromatic N) is 5. The first-order valence-corrected chi connectivity index (χ1v) is 8.78. The Labute approximate surface area is 133 Å². The van der Waals surface area contributed by atoms with Crippen LogP contribution >= 0.6 is 23.1 Å². The Balaban J connectivity index is 2.27. The minimum Gasteiger partial charge on any atom is -0.354 e. The molecule has 2 heterocycles. The van der Waals surface area contributed by atoms with Gasteiger partial charge in [0.15, 0.2) is 4.34 Å². The van der Waals surface area contributed by atoms with Crippen molar-refractivity contribution in [2.45, 2.75) is 36.7 Å². The zero-order chi connectivity index (χ0) is 15.1. The molecule has 0 spiro atoms. The summed E-state index contributed by atoms with van der Waals surface area (Å²) in [6.45, 7) is 8.90. The Morgan fingerprint density at radius 1 is 1.19 bits per heavy atom. The van der Waals surface area contributed by atoms with Gasteiger partial charge in [-0.25, -0.2) is 4.98 Å². The van der Waals surface area contributed by atoms with Crippen LogP contribution in [-0.2, 0) is 0 Å². The molecule has 2 aromatic rings. The molecule has 6 nitrogen and oxygen atoms in total. The second-order valence-electron chi connectivity index (χ2n) is 4.24. The van der Waals surface area contributed by atoms with E-state index in [1.807, 2.05) is 5.38 Å². The predicted octanol–water partition coefficient (Wildman–Crippen LogP) is 3.15. The van der Waals surface area contributed by atoms with Crippen molar-refractivity contribution in [1.29, 1.82) is 0 Å². The van der Waals surface area contributed by atoms with E-state index in [1.165, 1.54) is 11.8 Å². The van der Waals surface area contributed by atoms with Gasteiger partial charge in [-0.15, -0.1) is 11.3 Å². The van der Waals surface area contributed by atoms with Gasteiger partial charge < -0.3 is 10.2 Å². The second-order valence-corrected chi connectivity index (χ2v) is 6.35. The normalized spacial score (nSPS) is 10.6. The first-order valence-electron chi connectivity index (χ1n) is 7.09. The highest BCUT2D eigenvalue weighted by atomic mass is 32.2. The van der Waals surface area contributed by atoms with Gasteiger partial charge in [-0.3, -0.25) is 0 Å². The molecule has 21 heavy (non-hydrogen) atoms. The molecular weight excluding hydrogens is 304 g/mol. The zero-order valence-electron chi connectivity index (χ0n) is 12.5. The molecule has 0 aliphatic carbocycles. The Morgan fingerprint density at radius 2 is 2.00 bits per heavy atom. The fourth-order valence-electron chi connectivity index (χ4n) is 1.69. The third-order valence-corrected chi connectivity index (χ3v) is 4.52. The average molecular weight is 324 g/mol. The number of thiazole rings is 1. The summed E-state index contributed by atoms with van der Waals surface area (Å²) in [5, 5.41) is 5.87. The number of nitrogens with one attached hydrogen (secondary N) is 1. The van der Waals surface area contributed by atoms with Crippen molar-refractivity contribution in [3.8, 4) is 0 Å². The molecule has 0 bridgehead atoms. The lowest BCUT2D eigenvalue weighted by Crippen LogP contribution is -2.25. The molecule has 0 saturated carbocycles. The molecule has 2 rings (SSSR count). The summed E-state index contributed by atoms with van der Waals surface area (Å²) in [6, 6.07) is 0. The monoisotopic (exact) mass is 324 g/mol. The molecule has 0 aliphatic rings. The molecule has 0 fully saturated rings. The summed E-state index contributed by atoms with van der Waals surface area (Å²) >= 11 is 3.06. The van der Waals surface area contributed by atoms with Crippen LogP contribution in [0.1, 0.15) is 27.2 Å². The predicted molar refractivity (Wildman–Crippen MR) is 88.4 cm³/mol. The van der Waals surface area contributed by atoms with Crippen LogP contribution in [0.15, 0.2) is 21.1 Å². The minimum absolute atomic E-state index is 0.632. The van der Waals surface area contributed by atoms with Gasteiger partial charge in [-0.05, 0) is 32.0 Å². The van der Waals surface area contributed by atoms with Crippen LogP contribution in [0.2, 0.25) is 0 Å². The summed E-state index contributed by atoms with van der Waals surface area (Å²) in [6.07, 6.45) is 2.82. The molecule has 0 saturated heterocycles. The van der Waals surface area contributed by atoms with Crippen molar-refractivity contribution in [3.05, 3.63) is 11.6 Å². The van der Waals surface area contributed by atoms with Gasteiger partial charge in [0.25, 0.3) is 0 Å². The van der Waals surface area contributed by atoms with E-state index >= 15 is 0 Å². The standard InChI is InChI=1S/C13H20N6S2/c1-4-7-14-10-16-11(19(5-2)6-3)18-12(17-10)21-13-15-8-9-20-13/h8-9H,4-7H2,1-3H3,(H,14,16,17,18). The van der Waals surface area contributed by atoms with Gasteiger partial charge in [-0.1, -0.05) is 6.92 Å². The van der Waals surface area contributed by atoms with E-state index in [0.717, 1.165) is 30.4 Å². The van der Waals surface area contributed by atoms with Crippen molar-refractivity contribution in [1.82, 2.24) is 19.9 Å². The highest BCUT2D eigenvalue weighted by Gasteiger charge is 2.12. The molecule has 0 unspecified atom stereocenters. The van der Waals surface area contributed by atoms with E-state index < -0.39 is 0 Å². The third-order valence-electron chi connectivity index (χ3n) is 2.77. The number of rotatable bonds is 8. The van der Waals surface area contributed by atoms with Crippen molar-refractivity contribution in [2.75, 3.05) is 29.9 Å². The molecule has 114 valence electrons. The largest absolute Gasteiger partial charge is 0.354 e. The topological polar surface area (TPSA) is 66.8 Å².